The number of rotatable bonds is 7. The first kappa shape index (κ1) is 15.8. The monoisotopic (exact) mass is 284 g/mol. The zero-order valence-electron chi connectivity index (χ0n) is 11.7. The summed E-state index contributed by atoms with van der Waals surface area (Å²) < 4.78 is 5.67. The van der Waals surface area contributed by atoms with Gasteiger partial charge in [-0.3, -0.25) is 4.79 Å². The predicted octanol–water partition coefficient (Wildman–Crippen LogP) is 2.31. The number of carbonyl (C=O) groups excluding carboxylic acids is 1. The van der Waals surface area contributed by atoms with E-state index >= 15 is 0 Å². The minimum absolute atomic E-state index is 0.0419. The highest BCUT2D eigenvalue weighted by Crippen LogP contribution is 2.28. The van der Waals surface area contributed by atoms with Gasteiger partial charge in [0.1, 0.15) is 5.75 Å². The van der Waals surface area contributed by atoms with E-state index in [0.29, 0.717) is 30.3 Å². The lowest BCUT2D eigenvalue weighted by molar-refractivity contribution is -0.129. The minimum atomic E-state index is 0.0419. The van der Waals surface area contributed by atoms with Gasteiger partial charge in [0.15, 0.2) is 0 Å². The van der Waals surface area contributed by atoms with Crippen LogP contribution in [0.5, 0.6) is 5.75 Å². The summed E-state index contributed by atoms with van der Waals surface area (Å²) in [6.07, 6.45) is 0.346. The van der Waals surface area contributed by atoms with Gasteiger partial charge in [-0.25, -0.2) is 0 Å². The van der Waals surface area contributed by atoms with Crippen LogP contribution in [0.15, 0.2) is 18.2 Å². The molecule has 0 atom stereocenters. The lowest BCUT2D eigenvalue weighted by atomic mass is 10.2. The number of hydrogen-bond donors (Lipinski definition) is 1. The summed E-state index contributed by atoms with van der Waals surface area (Å²) in [5.74, 6) is 0.706. The van der Waals surface area contributed by atoms with E-state index in [1.807, 2.05) is 19.1 Å². The molecule has 106 valence electrons. The molecule has 0 saturated heterocycles. The van der Waals surface area contributed by atoms with Crippen LogP contribution < -0.4 is 10.1 Å². The van der Waals surface area contributed by atoms with Gasteiger partial charge >= 0.3 is 0 Å². The number of benzene rings is 1. The fourth-order valence-electron chi connectivity index (χ4n) is 1.58. The lowest BCUT2D eigenvalue weighted by Gasteiger charge is -2.14. The van der Waals surface area contributed by atoms with Crippen molar-refractivity contribution in [3.8, 4) is 5.75 Å². The van der Waals surface area contributed by atoms with E-state index in [-0.39, 0.29) is 5.91 Å². The molecule has 1 N–H and O–H groups in total. The van der Waals surface area contributed by atoms with Gasteiger partial charge in [0, 0.05) is 26.2 Å². The Labute approximate surface area is 119 Å². The minimum Gasteiger partial charge on any atom is -0.491 e. The quantitative estimate of drug-likeness (QED) is 0.835. The molecule has 1 aromatic carbocycles. The van der Waals surface area contributed by atoms with Crippen molar-refractivity contribution in [3.05, 3.63) is 28.8 Å². The third-order valence-corrected chi connectivity index (χ3v) is 2.97. The molecule has 0 radical (unpaired) electrons. The Morgan fingerprint density at radius 2 is 2.16 bits per heavy atom. The zero-order valence-corrected chi connectivity index (χ0v) is 12.5. The Bertz CT molecular complexity index is 422. The maximum absolute atomic E-state index is 11.5. The summed E-state index contributed by atoms with van der Waals surface area (Å²) in [5, 5.41) is 3.81. The molecule has 0 aliphatic carbocycles. The summed E-state index contributed by atoms with van der Waals surface area (Å²) in [7, 11) is 3.46. The van der Waals surface area contributed by atoms with Crippen molar-refractivity contribution < 1.29 is 9.53 Å². The van der Waals surface area contributed by atoms with Gasteiger partial charge in [-0.1, -0.05) is 30.7 Å². The van der Waals surface area contributed by atoms with E-state index in [2.05, 4.69) is 5.32 Å². The average Bonchev–Trinajstić information content (AvgIpc) is 2.38. The number of ether oxygens (including phenoxy) is 1. The number of nitrogens with one attached hydrogen (secondary N) is 1. The summed E-state index contributed by atoms with van der Waals surface area (Å²) in [4.78, 5) is 13.0. The number of nitrogens with zero attached hydrogens (tertiary/aromatic N) is 1. The van der Waals surface area contributed by atoms with Crippen LogP contribution in [0.4, 0.5) is 0 Å². The van der Waals surface area contributed by atoms with E-state index in [4.69, 9.17) is 16.3 Å². The maximum atomic E-state index is 11.5. The van der Waals surface area contributed by atoms with E-state index in [9.17, 15) is 4.79 Å². The summed E-state index contributed by atoms with van der Waals surface area (Å²) >= 11 is 6.14. The SMILES string of the molecule is CCNCc1cccc(Cl)c1OCCC(=O)N(C)C. The molecule has 19 heavy (non-hydrogen) atoms. The first-order valence-electron chi connectivity index (χ1n) is 6.37. The second-order valence-corrected chi connectivity index (χ2v) is 4.80. The van der Waals surface area contributed by atoms with Crippen molar-refractivity contribution in [2.24, 2.45) is 0 Å². The van der Waals surface area contributed by atoms with Gasteiger partial charge in [0.25, 0.3) is 0 Å². The first-order chi connectivity index (χ1) is 9.06. The summed E-state index contributed by atoms with van der Waals surface area (Å²) in [5.41, 5.74) is 1.01. The fraction of sp³-hybridized carbons (Fsp3) is 0.500. The van der Waals surface area contributed by atoms with Crippen molar-refractivity contribution in [3.63, 3.8) is 0 Å². The summed E-state index contributed by atoms with van der Waals surface area (Å²) in [6, 6.07) is 5.66. The van der Waals surface area contributed by atoms with Gasteiger partial charge in [0.05, 0.1) is 18.1 Å². The normalized spacial score (nSPS) is 10.3. The van der Waals surface area contributed by atoms with E-state index < -0.39 is 0 Å². The molecular formula is C14H21ClN2O2. The van der Waals surface area contributed by atoms with Crippen LogP contribution in [0.1, 0.15) is 18.9 Å². The van der Waals surface area contributed by atoms with Crippen LogP contribution >= 0.6 is 11.6 Å². The Balaban J connectivity index is 2.63. The Morgan fingerprint density at radius 1 is 1.42 bits per heavy atom. The molecule has 0 unspecified atom stereocenters. The third-order valence-electron chi connectivity index (χ3n) is 2.68. The largest absolute Gasteiger partial charge is 0.491 e. The van der Waals surface area contributed by atoms with Gasteiger partial charge < -0.3 is 15.0 Å². The molecule has 0 aliphatic heterocycles. The average molecular weight is 285 g/mol. The second kappa shape index (κ2) is 8.02. The van der Waals surface area contributed by atoms with Crippen LogP contribution in [0.3, 0.4) is 0 Å². The standard InChI is InChI=1S/C14H21ClN2O2/c1-4-16-10-11-6-5-7-12(15)14(11)19-9-8-13(18)17(2)3/h5-7,16H,4,8-10H2,1-3H3. The van der Waals surface area contributed by atoms with E-state index in [0.717, 1.165) is 12.1 Å². The Hall–Kier alpha value is -1.26. The van der Waals surface area contributed by atoms with Crippen LogP contribution in [0.2, 0.25) is 5.02 Å². The molecule has 0 aliphatic rings. The number of hydrogen-bond acceptors (Lipinski definition) is 3. The highest BCUT2D eigenvalue weighted by molar-refractivity contribution is 6.32. The molecule has 5 heteroatoms. The van der Waals surface area contributed by atoms with Gasteiger partial charge in [-0.05, 0) is 12.6 Å². The molecule has 0 aromatic heterocycles. The van der Waals surface area contributed by atoms with Gasteiger partial charge in [-0.2, -0.15) is 0 Å². The lowest BCUT2D eigenvalue weighted by Crippen LogP contribution is -2.23. The highest BCUT2D eigenvalue weighted by Gasteiger charge is 2.10. The third kappa shape index (κ3) is 5.09. The number of halogens is 1. The zero-order chi connectivity index (χ0) is 14.3. The molecule has 0 spiro atoms. The predicted molar refractivity (Wildman–Crippen MR) is 77.6 cm³/mol. The van der Waals surface area contributed by atoms with Crippen molar-refractivity contribution in [1.82, 2.24) is 10.2 Å². The van der Waals surface area contributed by atoms with Gasteiger partial charge in [-0.15, -0.1) is 0 Å². The molecule has 4 nitrogen and oxygen atoms in total. The number of amides is 1. The van der Waals surface area contributed by atoms with Crippen LogP contribution in [0, 0.1) is 0 Å². The van der Waals surface area contributed by atoms with E-state index in [1.165, 1.54) is 0 Å². The molecule has 1 rings (SSSR count). The second-order valence-electron chi connectivity index (χ2n) is 4.40. The molecule has 0 heterocycles. The van der Waals surface area contributed by atoms with Crippen LogP contribution in [0.25, 0.3) is 0 Å². The smallest absolute Gasteiger partial charge is 0.225 e. The first-order valence-corrected chi connectivity index (χ1v) is 6.75. The van der Waals surface area contributed by atoms with Crippen molar-refractivity contribution in [1.29, 1.82) is 0 Å². The van der Waals surface area contributed by atoms with Crippen molar-refractivity contribution in [2.75, 3.05) is 27.2 Å². The van der Waals surface area contributed by atoms with Crippen LogP contribution in [-0.2, 0) is 11.3 Å². The number of para-hydroxylation sites is 1. The topological polar surface area (TPSA) is 41.6 Å². The number of carbonyl (C=O) groups is 1. The van der Waals surface area contributed by atoms with E-state index in [1.54, 1.807) is 25.1 Å². The Kier molecular flexibility index (Phi) is 6.67. The maximum Gasteiger partial charge on any atom is 0.225 e. The molecule has 0 fully saturated rings. The van der Waals surface area contributed by atoms with Crippen molar-refractivity contribution in [2.45, 2.75) is 19.9 Å². The summed E-state index contributed by atoms with van der Waals surface area (Å²) in [6.45, 7) is 3.96. The molecule has 1 amide bonds. The Morgan fingerprint density at radius 3 is 2.79 bits per heavy atom. The molecule has 0 bridgehead atoms. The molecule has 1 aromatic rings. The van der Waals surface area contributed by atoms with Crippen molar-refractivity contribution >= 4 is 17.5 Å². The molecular weight excluding hydrogens is 264 g/mol. The molecule has 0 saturated carbocycles. The van der Waals surface area contributed by atoms with Crippen LogP contribution in [-0.4, -0.2) is 38.1 Å². The fourth-order valence-corrected chi connectivity index (χ4v) is 1.83. The van der Waals surface area contributed by atoms with Gasteiger partial charge in [0.2, 0.25) is 5.91 Å². The highest BCUT2D eigenvalue weighted by atomic mass is 35.5.